The number of hydrogen-bond donors (Lipinski definition) is 1. The molecule has 0 aromatic heterocycles. The summed E-state index contributed by atoms with van der Waals surface area (Å²) < 4.78 is 35.4. The minimum atomic E-state index is -4.22. The summed E-state index contributed by atoms with van der Waals surface area (Å²) in [6, 6.07) is 26.3. The molecule has 11 heteroatoms. The Kier molecular flexibility index (Phi) is 11.7. The summed E-state index contributed by atoms with van der Waals surface area (Å²) in [6.07, 6.45) is 4.96. The molecule has 48 heavy (non-hydrogen) atoms. The van der Waals surface area contributed by atoms with Crippen LogP contribution in [0.15, 0.2) is 102 Å². The number of nitrogens with one attached hydrogen (secondary N) is 1. The summed E-state index contributed by atoms with van der Waals surface area (Å²) in [5, 5.41) is 3.77. The second-order valence-electron chi connectivity index (χ2n) is 12.0. The van der Waals surface area contributed by atoms with Crippen LogP contribution in [0.25, 0.3) is 0 Å². The van der Waals surface area contributed by atoms with E-state index in [0.717, 1.165) is 42.0 Å². The van der Waals surface area contributed by atoms with Crippen LogP contribution in [-0.4, -0.2) is 43.8 Å². The van der Waals surface area contributed by atoms with Crippen LogP contribution in [0.3, 0.4) is 0 Å². The number of ether oxygens (including phenoxy) is 1. The SMILES string of the molecule is Cc1ccc(S(=O)(=O)N(CC(=O)N(Cc2ccc(Cl)c(Cl)c2)C(C)C(=O)NC2CCCCC2)c2ccc(Oc3ccccc3)cc2)cc1. The highest BCUT2D eigenvalue weighted by atomic mass is 35.5. The molecule has 0 saturated heterocycles. The molecule has 0 heterocycles. The van der Waals surface area contributed by atoms with Crippen molar-refractivity contribution in [1.29, 1.82) is 0 Å². The van der Waals surface area contributed by atoms with Crippen LogP contribution in [0.1, 0.15) is 50.2 Å². The molecule has 1 aliphatic rings. The molecule has 5 rings (SSSR count). The predicted molar refractivity (Wildman–Crippen MR) is 190 cm³/mol. The van der Waals surface area contributed by atoms with Gasteiger partial charge in [-0.1, -0.05) is 84.4 Å². The molecule has 8 nitrogen and oxygen atoms in total. The Balaban J connectivity index is 1.47. The first-order chi connectivity index (χ1) is 23.0. The van der Waals surface area contributed by atoms with E-state index in [1.807, 2.05) is 37.3 Å². The molecule has 0 aliphatic heterocycles. The van der Waals surface area contributed by atoms with Gasteiger partial charge in [-0.15, -0.1) is 0 Å². The van der Waals surface area contributed by atoms with Crippen molar-refractivity contribution in [3.8, 4) is 11.5 Å². The van der Waals surface area contributed by atoms with E-state index in [-0.39, 0.29) is 29.1 Å². The second-order valence-corrected chi connectivity index (χ2v) is 14.7. The smallest absolute Gasteiger partial charge is 0.264 e. The summed E-state index contributed by atoms with van der Waals surface area (Å²) in [4.78, 5) is 29.3. The van der Waals surface area contributed by atoms with Gasteiger partial charge in [0.2, 0.25) is 11.8 Å². The Hall–Kier alpha value is -4.05. The molecule has 2 amide bonds. The lowest BCUT2D eigenvalue weighted by Crippen LogP contribution is -2.53. The number of amides is 2. The molecular formula is C37H39Cl2N3O5S. The molecule has 4 aromatic rings. The summed E-state index contributed by atoms with van der Waals surface area (Å²) in [7, 11) is -4.22. The van der Waals surface area contributed by atoms with Gasteiger partial charge in [0.05, 0.1) is 20.6 Å². The number of carbonyl (C=O) groups is 2. The maximum atomic E-state index is 14.3. The zero-order chi connectivity index (χ0) is 34.3. The van der Waals surface area contributed by atoms with Crippen LogP contribution >= 0.6 is 23.2 Å². The summed E-state index contributed by atoms with van der Waals surface area (Å²) >= 11 is 12.5. The van der Waals surface area contributed by atoms with E-state index in [2.05, 4.69) is 5.32 Å². The van der Waals surface area contributed by atoms with Crippen molar-refractivity contribution in [2.45, 2.75) is 69.5 Å². The average Bonchev–Trinajstić information content (AvgIpc) is 3.08. The van der Waals surface area contributed by atoms with Crippen LogP contribution in [0, 0.1) is 6.92 Å². The number of aryl methyl sites for hydroxylation is 1. The Morgan fingerprint density at radius 1 is 0.854 bits per heavy atom. The first kappa shape index (κ1) is 35.3. The number of anilines is 1. The number of benzene rings is 4. The van der Waals surface area contributed by atoms with Crippen molar-refractivity contribution in [1.82, 2.24) is 10.2 Å². The lowest BCUT2D eigenvalue weighted by Gasteiger charge is -2.33. The van der Waals surface area contributed by atoms with Gasteiger partial charge in [0.25, 0.3) is 10.0 Å². The van der Waals surface area contributed by atoms with Crippen molar-refractivity contribution in [2.24, 2.45) is 0 Å². The summed E-state index contributed by atoms with van der Waals surface area (Å²) in [6.45, 7) is 2.97. The van der Waals surface area contributed by atoms with Gasteiger partial charge in [-0.25, -0.2) is 8.42 Å². The van der Waals surface area contributed by atoms with E-state index in [4.69, 9.17) is 27.9 Å². The molecule has 252 valence electrons. The van der Waals surface area contributed by atoms with E-state index < -0.39 is 28.5 Å². The van der Waals surface area contributed by atoms with Gasteiger partial charge in [-0.3, -0.25) is 13.9 Å². The van der Waals surface area contributed by atoms with Gasteiger partial charge >= 0.3 is 0 Å². The van der Waals surface area contributed by atoms with Gasteiger partial charge in [0.1, 0.15) is 24.1 Å². The topological polar surface area (TPSA) is 96.0 Å². The van der Waals surface area contributed by atoms with Gasteiger partial charge in [0.15, 0.2) is 0 Å². The summed E-state index contributed by atoms with van der Waals surface area (Å²) in [5.74, 6) is 0.263. The molecule has 1 saturated carbocycles. The van der Waals surface area contributed by atoms with E-state index in [1.165, 1.54) is 17.0 Å². The van der Waals surface area contributed by atoms with Crippen LogP contribution in [0.2, 0.25) is 10.0 Å². The minimum Gasteiger partial charge on any atom is -0.457 e. The third-order valence-electron chi connectivity index (χ3n) is 8.45. The molecule has 4 aromatic carbocycles. The zero-order valence-corrected chi connectivity index (χ0v) is 29.3. The molecule has 0 bridgehead atoms. The average molecular weight is 709 g/mol. The number of para-hydroxylation sites is 1. The number of rotatable bonds is 12. The molecule has 1 unspecified atom stereocenters. The lowest BCUT2D eigenvalue weighted by molar-refractivity contribution is -0.139. The number of hydrogen-bond acceptors (Lipinski definition) is 5. The number of halogens is 2. The fraction of sp³-hybridized carbons (Fsp3) is 0.297. The number of nitrogens with zero attached hydrogens (tertiary/aromatic N) is 2. The number of sulfonamides is 1. The lowest BCUT2D eigenvalue weighted by atomic mass is 9.95. The van der Waals surface area contributed by atoms with Crippen LogP contribution < -0.4 is 14.4 Å². The minimum absolute atomic E-state index is 0.0112. The van der Waals surface area contributed by atoms with Crippen LogP contribution in [0.4, 0.5) is 5.69 Å². The molecule has 0 spiro atoms. The fourth-order valence-corrected chi connectivity index (χ4v) is 7.39. The third-order valence-corrected chi connectivity index (χ3v) is 11.0. The largest absolute Gasteiger partial charge is 0.457 e. The number of carbonyl (C=O) groups excluding carboxylic acids is 2. The molecule has 1 atom stereocenters. The Labute approximate surface area is 292 Å². The van der Waals surface area contributed by atoms with Gasteiger partial charge < -0.3 is 15.0 Å². The van der Waals surface area contributed by atoms with E-state index in [0.29, 0.717) is 27.1 Å². The highest BCUT2D eigenvalue weighted by molar-refractivity contribution is 7.92. The second kappa shape index (κ2) is 15.9. The van der Waals surface area contributed by atoms with Crippen molar-refractivity contribution in [2.75, 3.05) is 10.8 Å². The van der Waals surface area contributed by atoms with Gasteiger partial charge in [-0.05, 0) is 92.9 Å². The Morgan fingerprint density at radius 3 is 2.15 bits per heavy atom. The highest BCUT2D eigenvalue weighted by Crippen LogP contribution is 2.29. The van der Waals surface area contributed by atoms with Crippen molar-refractivity contribution >= 4 is 50.7 Å². The maximum absolute atomic E-state index is 14.3. The van der Waals surface area contributed by atoms with E-state index in [1.54, 1.807) is 61.5 Å². The van der Waals surface area contributed by atoms with Crippen LogP contribution in [0.5, 0.6) is 11.5 Å². The first-order valence-electron chi connectivity index (χ1n) is 16.0. The Bertz CT molecular complexity index is 1810. The molecular weight excluding hydrogens is 669 g/mol. The summed E-state index contributed by atoms with van der Waals surface area (Å²) in [5.41, 5.74) is 1.80. The Morgan fingerprint density at radius 2 is 1.50 bits per heavy atom. The molecule has 1 fully saturated rings. The molecule has 1 aliphatic carbocycles. The van der Waals surface area contributed by atoms with Gasteiger partial charge in [-0.2, -0.15) is 0 Å². The molecule has 1 N–H and O–H groups in total. The first-order valence-corrected chi connectivity index (χ1v) is 18.2. The normalized spacial score (nSPS) is 14.2. The maximum Gasteiger partial charge on any atom is 0.264 e. The van der Waals surface area contributed by atoms with Crippen molar-refractivity contribution in [3.05, 3.63) is 118 Å². The van der Waals surface area contributed by atoms with Crippen molar-refractivity contribution < 1.29 is 22.7 Å². The molecule has 0 radical (unpaired) electrons. The highest BCUT2D eigenvalue weighted by Gasteiger charge is 2.33. The third kappa shape index (κ3) is 8.89. The fourth-order valence-electron chi connectivity index (χ4n) is 5.66. The zero-order valence-electron chi connectivity index (χ0n) is 26.9. The van der Waals surface area contributed by atoms with E-state index in [9.17, 15) is 18.0 Å². The quantitative estimate of drug-likeness (QED) is 0.160. The predicted octanol–water partition coefficient (Wildman–Crippen LogP) is 8.16. The van der Waals surface area contributed by atoms with E-state index >= 15 is 0 Å². The monoisotopic (exact) mass is 707 g/mol. The van der Waals surface area contributed by atoms with Gasteiger partial charge in [0, 0.05) is 12.6 Å². The van der Waals surface area contributed by atoms with Crippen LogP contribution in [-0.2, 0) is 26.2 Å². The standard InChI is InChI=1S/C37H39Cl2N3O5S/c1-26-13-20-33(21-14-26)48(45,46)42(30-16-18-32(19-17-30)47-31-11-7-4-8-12-31)25-36(43)41(24-28-15-22-34(38)35(39)23-28)27(2)37(44)40-29-9-5-3-6-10-29/h4,7-8,11-23,27,29H,3,5-6,9-10,24-25H2,1-2H3,(H,40,44). The van der Waals surface area contributed by atoms with Crippen molar-refractivity contribution in [3.63, 3.8) is 0 Å².